The number of hydrogen-bond acceptors (Lipinski definition) is 3. The summed E-state index contributed by atoms with van der Waals surface area (Å²) in [7, 11) is 0. The van der Waals surface area contributed by atoms with Crippen LogP contribution in [0.15, 0.2) is 29.3 Å². The molecule has 0 spiro atoms. The van der Waals surface area contributed by atoms with Gasteiger partial charge in [0, 0.05) is 44.7 Å². The molecule has 2 fully saturated rings. The predicted molar refractivity (Wildman–Crippen MR) is 114 cm³/mol. The summed E-state index contributed by atoms with van der Waals surface area (Å²) in [5.74, 6) is 0.982. The fourth-order valence-corrected chi connectivity index (χ4v) is 3.28. The number of aliphatic imine (C=N–C) groups is 1. The van der Waals surface area contributed by atoms with E-state index in [4.69, 9.17) is 4.74 Å². The number of hydrogen-bond donors (Lipinski definition) is 2. The molecule has 0 bridgehead atoms. The Balaban J connectivity index is 0.00000243. The molecule has 7 heteroatoms. The Morgan fingerprint density at radius 2 is 2.08 bits per heavy atom. The smallest absolute Gasteiger partial charge is 0.191 e. The predicted octanol–water partition coefficient (Wildman–Crippen LogP) is 2.58. The molecule has 1 aromatic carbocycles. The molecule has 0 aromatic heterocycles. The maximum absolute atomic E-state index is 13.9. The molecule has 1 aliphatic carbocycles. The van der Waals surface area contributed by atoms with Gasteiger partial charge in [-0.2, -0.15) is 0 Å². The zero-order valence-electron chi connectivity index (χ0n) is 15.4. The number of halogens is 2. The van der Waals surface area contributed by atoms with Gasteiger partial charge in [0.1, 0.15) is 5.82 Å². The number of morpholine rings is 1. The number of rotatable bonds is 7. The second-order valence-electron chi connectivity index (χ2n) is 6.68. The summed E-state index contributed by atoms with van der Waals surface area (Å²) in [5, 5.41) is 6.74. The van der Waals surface area contributed by atoms with Crippen LogP contribution in [0.25, 0.3) is 0 Å². The fourth-order valence-electron chi connectivity index (χ4n) is 3.28. The van der Waals surface area contributed by atoms with Crippen molar-refractivity contribution >= 4 is 29.9 Å². The highest BCUT2D eigenvalue weighted by molar-refractivity contribution is 14.0. The summed E-state index contributed by atoms with van der Waals surface area (Å²) < 4.78 is 19.2. The molecule has 0 amide bonds. The largest absolute Gasteiger partial charge is 0.379 e. The van der Waals surface area contributed by atoms with Crippen molar-refractivity contribution in [1.82, 2.24) is 15.5 Å². The molecular weight excluding hydrogens is 446 g/mol. The van der Waals surface area contributed by atoms with E-state index >= 15 is 0 Å². The van der Waals surface area contributed by atoms with Crippen LogP contribution in [-0.4, -0.2) is 62.8 Å². The zero-order valence-corrected chi connectivity index (χ0v) is 17.7. The van der Waals surface area contributed by atoms with Crippen molar-refractivity contribution in [3.05, 3.63) is 35.6 Å². The molecule has 0 radical (unpaired) electrons. The molecule has 2 unspecified atom stereocenters. The van der Waals surface area contributed by atoms with Gasteiger partial charge in [0.2, 0.25) is 0 Å². The lowest BCUT2D eigenvalue weighted by Crippen LogP contribution is -2.39. The third-order valence-corrected chi connectivity index (χ3v) is 4.77. The van der Waals surface area contributed by atoms with E-state index in [0.717, 1.165) is 70.3 Å². The average molecular weight is 476 g/mol. The normalized spacial score (nSPS) is 23.2. The highest BCUT2D eigenvalue weighted by Gasteiger charge is 2.40. The Kier molecular flexibility index (Phi) is 9.07. The maximum Gasteiger partial charge on any atom is 0.191 e. The lowest BCUT2D eigenvalue weighted by atomic mass is 10.1. The van der Waals surface area contributed by atoms with Crippen molar-refractivity contribution in [1.29, 1.82) is 0 Å². The Morgan fingerprint density at radius 1 is 1.31 bits per heavy atom. The van der Waals surface area contributed by atoms with Crippen LogP contribution in [0.2, 0.25) is 0 Å². The van der Waals surface area contributed by atoms with Crippen molar-refractivity contribution < 1.29 is 9.13 Å². The van der Waals surface area contributed by atoms with Gasteiger partial charge in [-0.05, 0) is 31.4 Å². The quantitative estimate of drug-likeness (QED) is 0.275. The number of guanidine groups is 1. The van der Waals surface area contributed by atoms with Crippen molar-refractivity contribution in [3.63, 3.8) is 0 Å². The van der Waals surface area contributed by atoms with Crippen LogP contribution in [0.4, 0.5) is 4.39 Å². The van der Waals surface area contributed by atoms with Gasteiger partial charge >= 0.3 is 0 Å². The van der Waals surface area contributed by atoms with Gasteiger partial charge in [0.15, 0.2) is 5.96 Å². The highest BCUT2D eigenvalue weighted by atomic mass is 127. The number of ether oxygens (including phenoxy) is 1. The summed E-state index contributed by atoms with van der Waals surface area (Å²) in [4.78, 5) is 7.10. The highest BCUT2D eigenvalue weighted by Crippen LogP contribution is 2.41. The standard InChI is InChI=1S/C19H29FN4O.HI/c1-2-21-19(22-8-5-9-24-10-12-25-13-11-24)23-18-14-16(18)15-6-3-4-7-17(15)20;/h3-4,6-7,16,18H,2,5,8-14H2,1H3,(H2,21,22,23);1H. The van der Waals surface area contributed by atoms with E-state index in [1.165, 1.54) is 6.07 Å². The van der Waals surface area contributed by atoms with Crippen LogP contribution in [0.3, 0.4) is 0 Å². The summed E-state index contributed by atoms with van der Waals surface area (Å²) >= 11 is 0. The molecule has 3 rings (SSSR count). The first-order chi connectivity index (χ1) is 12.3. The van der Waals surface area contributed by atoms with Gasteiger partial charge in [0.05, 0.1) is 13.2 Å². The molecule has 1 heterocycles. The van der Waals surface area contributed by atoms with Gasteiger partial charge in [-0.3, -0.25) is 9.89 Å². The molecule has 5 nitrogen and oxygen atoms in total. The molecule has 26 heavy (non-hydrogen) atoms. The van der Waals surface area contributed by atoms with Crippen molar-refractivity contribution in [3.8, 4) is 0 Å². The molecule has 2 N–H and O–H groups in total. The Morgan fingerprint density at radius 3 is 2.81 bits per heavy atom. The number of nitrogens with one attached hydrogen (secondary N) is 2. The van der Waals surface area contributed by atoms with Crippen LogP contribution in [0.5, 0.6) is 0 Å². The third kappa shape index (κ3) is 6.35. The minimum absolute atomic E-state index is 0. The lowest BCUT2D eigenvalue weighted by molar-refractivity contribution is 0.0377. The van der Waals surface area contributed by atoms with Crippen LogP contribution in [-0.2, 0) is 4.74 Å². The number of nitrogens with zero attached hydrogens (tertiary/aromatic N) is 2. The Bertz CT molecular complexity index is 580. The third-order valence-electron chi connectivity index (χ3n) is 4.77. The van der Waals surface area contributed by atoms with E-state index in [2.05, 4.69) is 27.4 Å². The zero-order chi connectivity index (χ0) is 17.5. The summed E-state index contributed by atoms with van der Waals surface area (Å²) in [6.07, 6.45) is 2.00. The molecule has 1 aromatic rings. The van der Waals surface area contributed by atoms with Crippen LogP contribution in [0, 0.1) is 5.82 Å². The van der Waals surface area contributed by atoms with Crippen molar-refractivity contribution in [2.45, 2.75) is 31.7 Å². The minimum atomic E-state index is -0.107. The van der Waals surface area contributed by atoms with E-state index in [0.29, 0.717) is 0 Å². The molecule has 146 valence electrons. The first kappa shape index (κ1) is 21.4. The van der Waals surface area contributed by atoms with Crippen molar-refractivity contribution in [2.75, 3.05) is 45.9 Å². The van der Waals surface area contributed by atoms with E-state index in [1.807, 2.05) is 12.1 Å². The molecule has 1 aliphatic heterocycles. The van der Waals surface area contributed by atoms with Gasteiger partial charge in [-0.15, -0.1) is 24.0 Å². The lowest BCUT2D eigenvalue weighted by Gasteiger charge is -2.26. The van der Waals surface area contributed by atoms with Crippen LogP contribution < -0.4 is 10.6 Å². The van der Waals surface area contributed by atoms with Crippen LogP contribution in [0.1, 0.15) is 31.2 Å². The molecule has 1 saturated carbocycles. The maximum atomic E-state index is 13.9. The average Bonchev–Trinajstić information content (AvgIpc) is 3.39. The molecule has 2 aliphatic rings. The monoisotopic (exact) mass is 476 g/mol. The van der Waals surface area contributed by atoms with E-state index < -0.39 is 0 Å². The molecular formula is C19H30FIN4O. The topological polar surface area (TPSA) is 48.9 Å². The Labute approximate surface area is 172 Å². The first-order valence-electron chi connectivity index (χ1n) is 9.37. The minimum Gasteiger partial charge on any atom is -0.379 e. The second kappa shape index (κ2) is 11.0. The van der Waals surface area contributed by atoms with Crippen LogP contribution >= 0.6 is 24.0 Å². The van der Waals surface area contributed by atoms with Gasteiger partial charge in [-0.25, -0.2) is 4.39 Å². The SMILES string of the molecule is CCNC(=NCCCN1CCOCC1)NC1CC1c1ccccc1F.I. The van der Waals surface area contributed by atoms with E-state index in [9.17, 15) is 4.39 Å². The molecule has 2 atom stereocenters. The first-order valence-corrected chi connectivity index (χ1v) is 9.37. The second-order valence-corrected chi connectivity index (χ2v) is 6.68. The fraction of sp³-hybridized carbons (Fsp3) is 0.632. The van der Waals surface area contributed by atoms with E-state index in [1.54, 1.807) is 6.07 Å². The number of benzene rings is 1. The van der Waals surface area contributed by atoms with E-state index in [-0.39, 0.29) is 41.8 Å². The summed E-state index contributed by atoms with van der Waals surface area (Å²) in [5.41, 5.74) is 0.808. The van der Waals surface area contributed by atoms with Crippen molar-refractivity contribution in [2.24, 2.45) is 4.99 Å². The summed E-state index contributed by atoms with van der Waals surface area (Å²) in [6, 6.07) is 7.33. The molecule has 1 saturated heterocycles. The van der Waals surface area contributed by atoms with Gasteiger partial charge in [-0.1, -0.05) is 18.2 Å². The Hall–Kier alpha value is -0.930. The van der Waals surface area contributed by atoms with Gasteiger partial charge in [0.25, 0.3) is 0 Å². The summed E-state index contributed by atoms with van der Waals surface area (Å²) in [6.45, 7) is 8.47. The van der Waals surface area contributed by atoms with Gasteiger partial charge < -0.3 is 15.4 Å².